The molecule has 0 saturated heterocycles. The Morgan fingerprint density at radius 1 is 1.03 bits per heavy atom. The normalized spacial score (nSPS) is 12.9. The van der Waals surface area contributed by atoms with E-state index < -0.39 is 23.0 Å². The van der Waals surface area contributed by atoms with Crippen molar-refractivity contribution < 1.29 is 9.18 Å². The summed E-state index contributed by atoms with van der Waals surface area (Å²) in [7, 11) is 0. The Hall–Kier alpha value is -4.14. The van der Waals surface area contributed by atoms with Crippen LogP contribution >= 0.6 is 0 Å². The molecule has 1 N–H and O–H groups in total. The first-order valence-electron chi connectivity index (χ1n) is 9.59. The van der Waals surface area contributed by atoms with E-state index in [2.05, 4.69) is 15.0 Å². The molecule has 9 heteroatoms. The number of nitrogens with zero attached hydrogens (tertiary/aromatic N) is 4. The Labute approximate surface area is 174 Å². The third kappa shape index (κ3) is 3.29. The minimum Gasteiger partial charge on any atom is -0.327 e. The van der Waals surface area contributed by atoms with Crippen molar-refractivity contribution in [1.82, 2.24) is 24.4 Å². The number of halogens is 1. The number of rotatable bonds is 3. The summed E-state index contributed by atoms with van der Waals surface area (Å²) < 4.78 is 15.9. The Morgan fingerprint density at radius 2 is 1.74 bits per heavy atom. The molecule has 8 nitrogen and oxygen atoms in total. The van der Waals surface area contributed by atoms with Crippen LogP contribution in [0, 0.1) is 5.82 Å². The van der Waals surface area contributed by atoms with Crippen molar-refractivity contribution in [3.8, 4) is 0 Å². The lowest BCUT2D eigenvalue weighted by molar-refractivity contribution is 0.0744. The lowest BCUT2D eigenvalue weighted by Gasteiger charge is -2.16. The highest BCUT2D eigenvalue weighted by molar-refractivity contribution is 5.95. The largest absolute Gasteiger partial charge is 0.329 e. The Bertz CT molecular complexity index is 1430. The zero-order chi connectivity index (χ0) is 21.5. The number of H-pyrrole nitrogens is 1. The second-order valence-electron chi connectivity index (χ2n) is 7.29. The van der Waals surface area contributed by atoms with E-state index in [1.54, 1.807) is 36.7 Å². The van der Waals surface area contributed by atoms with Gasteiger partial charge in [0.15, 0.2) is 0 Å². The summed E-state index contributed by atoms with van der Waals surface area (Å²) in [6.07, 6.45) is 3.11. The molecular formula is C22H16FN5O3. The molecule has 154 valence electrons. The van der Waals surface area contributed by atoms with Crippen molar-refractivity contribution in [3.05, 3.63) is 104 Å². The monoisotopic (exact) mass is 417 g/mol. The average molecular weight is 417 g/mol. The van der Waals surface area contributed by atoms with Crippen molar-refractivity contribution in [1.29, 1.82) is 0 Å². The molecule has 4 aromatic rings. The fourth-order valence-electron chi connectivity index (χ4n) is 3.81. The summed E-state index contributed by atoms with van der Waals surface area (Å²) in [5.41, 5.74) is 1.26. The topological polar surface area (TPSA) is 101 Å². The molecule has 0 radical (unpaired) electrons. The predicted molar refractivity (Wildman–Crippen MR) is 110 cm³/mol. The zero-order valence-electron chi connectivity index (χ0n) is 16.2. The van der Waals surface area contributed by atoms with E-state index in [0.717, 1.165) is 0 Å². The zero-order valence-corrected chi connectivity index (χ0v) is 16.2. The second kappa shape index (κ2) is 7.28. The standard InChI is InChI=1S/C22H16FN5O3/c23-16-6-5-13(10-28-19-4-2-1-3-14(19)20(29)26-22(28)31)9-15(16)21(30)27-11-17-18(12-27)25-8-7-24-17/h1-9H,10-12H2,(H,26,29,31). The summed E-state index contributed by atoms with van der Waals surface area (Å²) >= 11 is 0. The van der Waals surface area contributed by atoms with E-state index in [0.29, 0.717) is 27.9 Å². The number of amides is 1. The molecule has 1 aliphatic rings. The van der Waals surface area contributed by atoms with Gasteiger partial charge >= 0.3 is 5.69 Å². The average Bonchev–Trinajstić information content (AvgIpc) is 3.21. The van der Waals surface area contributed by atoms with Crippen LogP contribution in [0.5, 0.6) is 0 Å². The van der Waals surface area contributed by atoms with Crippen LogP contribution in [0.2, 0.25) is 0 Å². The van der Waals surface area contributed by atoms with Gasteiger partial charge in [-0.1, -0.05) is 18.2 Å². The molecular weight excluding hydrogens is 401 g/mol. The smallest absolute Gasteiger partial charge is 0.327 e. The molecule has 2 aromatic carbocycles. The van der Waals surface area contributed by atoms with Crippen molar-refractivity contribution >= 4 is 16.8 Å². The molecule has 1 aliphatic heterocycles. The van der Waals surface area contributed by atoms with Crippen LogP contribution in [0.3, 0.4) is 0 Å². The van der Waals surface area contributed by atoms with Crippen LogP contribution in [0.15, 0.2) is 64.4 Å². The maximum Gasteiger partial charge on any atom is 0.329 e. The summed E-state index contributed by atoms with van der Waals surface area (Å²) in [6.45, 7) is 0.589. The number of benzene rings is 2. The SMILES string of the molecule is O=C(c1cc(Cn2c(=O)[nH]c(=O)c3ccccc32)ccc1F)N1Cc2nccnc2C1. The van der Waals surface area contributed by atoms with Gasteiger partial charge in [0.2, 0.25) is 0 Å². The molecule has 0 bridgehead atoms. The highest BCUT2D eigenvalue weighted by atomic mass is 19.1. The van der Waals surface area contributed by atoms with Gasteiger partial charge < -0.3 is 4.90 Å². The lowest BCUT2D eigenvalue weighted by Crippen LogP contribution is -2.31. The number of carbonyl (C=O) groups is 1. The molecule has 0 saturated carbocycles. The van der Waals surface area contributed by atoms with Gasteiger partial charge in [-0.3, -0.25) is 29.1 Å². The summed E-state index contributed by atoms with van der Waals surface area (Å²) in [6, 6.07) is 10.9. The Balaban J connectivity index is 1.49. The Morgan fingerprint density at radius 3 is 2.48 bits per heavy atom. The molecule has 0 fully saturated rings. The minimum absolute atomic E-state index is 0.0695. The molecule has 0 atom stereocenters. The van der Waals surface area contributed by atoms with E-state index in [-0.39, 0.29) is 25.2 Å². The van der Waals surface area contributed by atoms with Gasteiger partial charge in [0, 0.05) is 12.4 Å². The molecule has 0 aliphatic carbocycles. The van der Waals surface area contributed by atoms with Gasteiger partial charge in [-0.25, -0.2) is 9.18 Å². The van der Waals surface area contributed by atoms with E-state index in [9.17, 15) is 18.8 Å². The first kappa shape index (κ1) is 18.9. The van der Waals surface area contributed by atoms with Gasteiger partial charge in [0.05, 0.1) is 47.5 Å². The number of aromatic amines is 1. The number of fused-ring (bicyclic) bond motifs is 2. The first-order valence-corrected chi connectivity index (χ1v) is 9.59. The molecule has 31 heavy (non-hydrogen) atoms. The number of hydrogen-bond acceptors (Lipinski definition) is 5. The van der Waals surface area contributed by atoms with Crippen molar-refractivity contribution in [2.75, 3.05) is 0 Å². The highest BCUT2D eigenvalue weighted by Crippen LogP contribution is 2.22. The van der Waals surface area contributed by atoms with Gasteiger partial charge in [-0.2, -0.15) is 0 Å². The van der Waals surface area contributed by atoms with Gasteiger partial charge in [-0.15, -0.1) is 0 Å². The van der Waals surface area contributed by atoms with Crippen LogP contribution < -0.4 is 11.2 Å². The van der Waals surface area contributed by atoms with Gasteiger partial charge in [0.25, 0.3) is 11.5 Å². The second-order valence-corrected chi connectivity index (χ2v) is 7.29. The molecule has 0 unspecified atom stereocenters. The van der Waals surface area contributed by atoms with Crippen LogP contribution in [-0.4, -0.2) is 30.3 Å². The van der Waals surface area contributed by atoms with Crippen LogP contribution in [0.4, 0.5) is 4.39 Å². The molecule has 1 amide bonds. The molecule has 3 heterocycles. The fraction of sp³-hybridized carbons (Fsp3) is 0.136. The first-order chi connectivity index (χ1) is 15.0. The van der Waals surface area contributed by atoms with Crippen LogP contribution in [-0.2, 0) is 19.6 Å². The highest BCUT2D eigenvalue weighted by Gasteiger charge is 2.28. The number of nitrogens with one attached hydrogen (secondary N) is 1. The van der Waals surface area contributed by atoms with Crippen molar-refractivity contribution in [3.63, 3.8) is 0 Å². The predicted octanol–water partition coefficient (Wildman–Crippen LogP) is 1.82. The van der Waals surface area contributed by atoms with E-state index in [4.69, 9.17) is 0 Å². The van der Waals surface area contributed by atoms with E-state index >= 15 is 0 Å². The molecule has 5 rings (SSSR count). The van der Waals surface area contributed by atoms with Gasteiger partial charge in [-0.05, 0) is 29.8 Å². The van der Waals surface area contributed by atoms with Crippen molar-refractivity contribution in [2.45, 2.75) is 19.6 Å². The number of para-hydroxylation sites is 1. The summed E-state index contributed by atoms with van der Waals surface area (Å²) in [4.78, 5) is 49.7. The van der Waals surface area contributed by atoms with Crippen LogP contribution in [0.1, 0.15) is 27.3 Å². The summed E-state index contributed by atoms with van der Waals surface area (Å²) in [5.74, 6) is -1.12. The van der Waals surface area contributed by atoms with Gasteiger partial charge in [0.1, 0.15) is 5.82 Å². The maximum absolute atomic E-state index is 14.5. The number of carbonyl (C=O) groups excluding carboxylic acids is 1. The third-order valence-corrected chi connectivity index (χ3v) is 5.34. The third-order valence-electron chi connectivity index (χ3n) is 5.34. The van der Waals surface area contributed by atoms with E-state index in [1.807, 2.05) is 0 Å². The Kier molecular flexibility index (Phi) is 4.43. The molecule has 0 spiro atoms. The molecule has 2 aromatic heterocycles. The number of hydrogen-bond donors (Lipinski definition) is 1. The van der Waals surface area contributed by atoms with E-state index in [1.165, 1.54) is 27.7 Å². The van der Waals surface area contributed by atoms with Crippen LogP contribution in [0.25, 0.3) is 10.9 Å². The summed E-state index contributed by atoms with van der Waals surface area (Å²) in [5, 5.41) is 0.371. The maximum atomic E-state index is 14.5. The quantitative estimate of drug-likeness (QED) is 0.548. The fourth-order valence-corrected chi connectivity index (χ4v) is 3.81. The lowest BCUT2D eigenvalue weighted by atomic mass is 10.1. The minimum atomic E-state index is -0.649. The number of aromatic nitrogens is 4. The van der Waals surface area contributed by atoms with Crippen molar-refractivity contribution in [2.24, 2.45) is 0 Å².